The summed E-state index contributed by atoms with van der Waals surface area (Å²) in [5.74, 6) is 0.378. The number of nitrogens with one attached hydrogen (secondary N) is 1. The average Bonchev–Trinajstić information content (AvgIpc) is 2.97. The Labute approximate surface area is 147 Å². The van der Waals surface area contributed by atoms with Gasteiger partial charge in [-0.05, 0) is 24.3 Å². The third kappa shape index (κ3) is 4.56. The fourth-order valence-electron chi connectivity index (χ4n) is 1.93. The third-order valence-corrected chi connectivity index (χ3v) is 4.04. The molecule has 0 radical (unpaired) electrons. The quantitative estimate of drug-likeness (QED) is 0.824. The minimum absolute atomic E-state index is 0.160. The van der Waals surface area contributed by atoms with Crippen molar-refractivity contribution >= 4 is 29.3 Å². The lowest BCUT2D eigenvalue weighted by molar-refractivity contribution is -0.117. The first-order valence-electron chi connectivity index (χ1n) is 7.10. The second kappa shape index (κ2) is 7.94. The summed E-state index contributed by atoms with van der Waals surface area (Å²) in [6.07, 6.45) is 11.2. The molecule has 0 spiro atoms. The van der Waals surface area contributed by atoms with Crippen LogP contribution < -0.4 is 5.32 Å². The molecule has 1 aliphatic rings. The Morgan fingerprint density at radius 1 is 1.42 bits per heavy atom. The van der Waals surface area contributed by atoms with Gasteiger partial charge in [-0.15, -0.1) is 10.2 Å². The zero-order valence-corrected chi connectivity index (χ0v) is 14.0. The molecule has 2 aromatic heterocycles. The summed E-state index contributed by atoms with van der Waals surface area (Å²) >= 11 is 7.14. The van der Waals surface area contributed by atoms with E-state index in [1.807, 2.05) is 18.2 Å². The van der Waals surface area contributed by atoms with Crippen LogP contribution in [0.15, 0.2) is 69.2 Å². The van der Waals surface area contributed by atoms with Crippen LogP contribution in [0.4, 0.5) is 0 Å². The van der Waals surface area contributed by atoms with Crippen molar-refractivity contribution in [3.05, 3.63) is 59.6 Å². The molecule has 1 aliphatic carbocycles. The second-order valence-electron chi connectivity index (χ2n) is 4.81. The van der Waals surface area contributed by atoms with Crippen LogP contribution in [0.1, 0.15) is 6.42 Å². The number of halogens is 1. The number of rotatable bonds is 5. The van der Waals surface area contributed by atoms with Crippen molar-refractivity contribution in [2.75, 3.05) is 5.75 Å². The van der Waals surface area contributed by atoms with Gasteiger partial charge >= 0.3 is 0 Å². The normalized spacial score (nSPS) is 13.9. The van der Waals surface area contributed by atoms with Crippen LogP contribution in [0.3, 0.4) is 0 Å². The van der Waals surface area contributed by atoms with E-state index in [0.717, 1.165) is 11.3 Å². The number of thioether (sulfide) groups is 1. The first kappa shape index (κ1) is 16.5. The summed E-state index contributed by atoms with van der Waals surface area (Å²) in [5.41, 5.74) is 1.48. The Bertz CT molecular complexity index is 814. The molecule has 1 N–H and O–H groups in total. The zero-order valence-electron chi connectivity index (χ0n) is 12.5. The number of nitrogens with zero attached hydrogens (tertiary/aromatic N) is 3. The van der Waals surface area contributed by atoms with Crippen LogP contribution in [0, 0.1) is 0 Å². The molecular formula is C16H13ClN4O2S. The molecule has 6 nitrogen and oxygen atoms in total. The highest BCUT2D eigenvalue weighted by Crippen LogP contribution is 2.22. The van der Waals surface area contributed by atoms with Gasteiger partial charge in [0.2, 0.25) is 11.8 Å². The van der Waals surface area contributed by atoms with Crippen LogP contribution in [0.25, 0.3) is 11.5 Å². The molecular weight excluding hydrogens is 348 g/mol. The number of allylic oxidation sites excluding steroid dienone is 5. The Kier molecular flexibility index (Phi) is 5.45. The van der Waals surface area contributed by atoms with E-state index in [1.165, 1.54) is 11.8 Å². The molecule has 0 atom stereocenters. The molecule has 0 bridgehead atoms. The number of carbonyl (C=O) groups excluding carboxylic acids is 1. The summed E-state index contributed by atoms with van der Waals surface area (Å²) < 4.78 is 5.51. The summed E-state index contributed by atoms with van der Waals surface area (Å²) in [4.78, 5) is 16.0. The van der Waals surface area contributed by atoms with E-state index in [4.69, 9.17) is 16.0 Å². The van der Waals surface area contributed by atoms with Crippen LogP contribution in [-0.4, -0.2) is 26.8 Å². The Morgan fingerprint density at radius 3 is 3.17 bits per heavy atom. The monoisotopic (exact) mass is 360 g/mol. The molecule has 0 saturated carbocycles. The van der Waals surface area contributed by atoms with Crippen molar-refractivity contribution in [2.24, 2.45) is 0 Å². The van der Waals surface area contributed by atoms with Crippen molar-refractivity contribution < 1.29 is 9.21 Å². The summed E-state index contributed by atoms with van der Waals surface area (Å²) in [6.45, 7) is 0. The molecule has 1 amide bonds. The zero-order chi connectivity index (χ0) is 16.8. The van der Waals surface area contributed by atoms with Crippen LogP contribution >= 0.6 is 23.4 Å². The second-order valence-corrected chi connectivity index (χ2v) is 6.17. The SMILES string of the molecule is O=C(CSc1nnc(-c2cccnc2)o1)NC1=CC(Cl)=CC=CC1. The third-order valence-electron chi connectivity index (χ3n) is 2.98. The molecule has 8 heteroatoms. The summed E-state index contributed by atoms with van der Waals surface area (Å²) in [7, 11) is 0. The highest BCUT2D eigenvalue weighted by Gasteiger charge is 2.12. The average molecular weight is 361 g/mol. The van der Waals surface area contributed by atoms with E-state index in [1.54, 1.807) is 30.6 Å². The van der Waals surface area contributed by atoms with Crippen LogP contribution in [0.5, 0.6) is 0 Å². The standard InChI is InChI=1S/C16H13ClN4O2S/c17-12-5-1-2-6-13(8-12)19-14(22)10-24-16-21-20-15(23-16)11-4-3-7-18-9-11/h1-5,7-9H,6,10H2,(H,19,22). The number of carbonyl (C=O) groups is 1. The topological polar surface area (TPSA) is 80.9 Å². The van der Waals surface area contributed by atoms with Gasteiger partial charge in [0.25, 0.3) is 5.22 Å². The lowest BCUT2D eigenvalue weighted by atomic mass is 10.3. The highest BCUT2D eigenvalue weighted by atomic mass is 35.5. The smallest absolute Gasteiger partial charge is 0.277 e. The van der Waals surface area contributed by atoms with Crippen molar-refractivity contribution in [3.8, 4) is 11.5 Å². The van der Waals surface area contributed by atoms with Gasteiger partial charge in [0, 0.05) is 29.5 Å². The number of hydrogen-bond acceptors (Lipinski definition) is 6. The molecule has 0 aromatic carbocycles. The lowest BCUT2D eigenvalue weighted by Gasteiger charge is -2.06. The molecule has 3 rings (SSSR count). The van der Waals surface area contributed by atoms with Gasteiger partial charge in [-0.2, -0.15) is 0 Å². The number of amides is 1. The van der Waals surface area contributed by atoms with Crippen molar-refractivity contribution in [2.45, 2.75) is 11.6 Å². The van der Waals surface area contributed by atoms with Crippen LogP contribution in [0.2, 0.25) is 0 Å². The van der Waals surface area contributed by atoms with Gasteiger partial charge in [0.15, 0.2) is 0 Å². The summed E-state index contributed by atoms with van der Waals surface area (Å²) in [6, 6.07) is 3.61. The Balaban J connectivity index is 1.54. The maximum atomic E-state index is 12.0. The van der Waals surface area contributed by atoms with E-state index < -0.39 is 0 Å². The Morgan fingerprint density at radius 2 is 2.33 bits per heavy atom. The van der Waals surface area contributed by atoms with Gasteiger partial charge in [0.1, 0.15) is 0 Å². The van der Waals surface area contributed by atoms with E-state index in [-0.39, 0.29) is 11.7 Å². The first-order chi connectivity index (χ1) is 11.7. The van der Waals surface area contributed by atoms with Gasteiger partial charge in [-0.3, -0.25) is 9.78 Å². The van der Waals surface area contributed by atoms with Gasteiger partial charge < -0.3 is 9.73 Å². The fraction of sp³-hybridized carbons (Fsp3) is 0.125. The Hall–Kier alpha value is -2.38. The fourth-order valence-corrected chi connectivity index (χ4v) is 2.70. The largest absolute Gasteiger partial charge is 0.411 e. The predicted molar refractivity (Wildman–Crippen MR) is 92.2 cm³/mol. The number of hydrogen-bond donors (Lipinski definition) is 1. The van der Waals surface area contributed by atoms with Gasteiger partial charge in [0.05, 0.1) is 11.3 Å². The maximum Gasteiger partial charge on any atom is 0.277 e. The first-order valence-corrected chi connectivity index (χ1v) is 8.46. The molecule has 0 fully saturated rings. The van der Waals surface area contributed by atoms with Crippen molar-refractivity contribution in [1.82, 2.24) is 20.5 Å². The molecule has 24 heavy (non-hydrogen) atoms. The van der Waals surface area contributed by atoms with E-state index >= 15 is 0 Å². The molecule has 0 aliphatic heterocycles. The maximum absolute atomic E-state index is 12.0. The molecule has 2 aromatic rings. The van der Waals surface area contributed by atoms with Crippen LogP contribution in [-0.2, 0) is 4.79 Å². The van der Waals surface area contributed by atoms with Crippen molar-refractivity contribution in [3.63, 3.8) is 0 Å². The minimum Gasteiger partial charge on any atom is -0.411 e. The molecule has 0 saturated heterocycles. The summed E-state index contributed by atoms with van der Waals surface area (Å²) in [5, 5.41) is 11.6. The van der Waals surface area contributed by atoms with Gasteiger partial charge in [-0.25, -0.2) is 0 Å². The number of aromatic nitrogens is 3. The van der Waals surface area contributed by atoms with E-state index in [0.29, 0.717) is 22.6 Å². The van der Waals surface area contributed by atoms with Gasteiger partial charge in [-0.1, -0.05) is 35.5 Å². The van der Waals surface area contributed by atoms with E-state index in [9.17, 15) is 4.79 Å². The molecule has 2 heterocycles. The highest BCUT2D eigenvalue weighted by molar-refractivity contribution is 7.99. The number of pyridine rings is 1. The lowest BCUT2D eigenvalue weighted by Crippen LogP contribution is -2.24. The van der Waals surface area contributed by atoms with E-state index in [2.05, 4.69) is 20.5 Å². The van der Waals surface area contributed by atoms with Crippen molar-refractivity contribution in [1.29, 1.82) is 0 Å². The predicted octanol–water partition coefficient (Wildman–Crippen LogP) is 3.31. The molecule has 0 unspecified atom stereocenters. The minimum atomic E-state index is -0.160. The molecule has 122 valence electrons.